The highest BCUT2D eigenvalue weighted by Crippen LogP contribution is 2.33. The van der Waals surface area contributed by atoms with E-state index >= 15 is 0 Å². The third kappa shape index (κ3) is 3.42. The van der Waals surface area contributed by atoms with Crippen LogP contribution >= 0.6 is 22.7 Å². The molecule has 9 heteroatoms. The Morgan fingerprint density at radius 3 is 2.83 bits per heavy atom. The topological polar surface area (TPSA) is 59.0 Å². The summed E-state index contributed by atoms with van der Waals surface area (Å²) in [4.78, 5) is 27.5. The minimum atomic E-state index is -0.757. The van der Waals surface area contributed by atoms with E-state index in [1.165, 1.54) is 22.3 Å². The molecule has 0 aliphatic carbocycles. The van der Waals surface area contributed by atoms with Crippen molar-refractivity contribution < 1.29 is 13.6 Å². The van der Waals surface area contributed by atoms with E-state index in [0.717, 1.165) is 33.2 Å². The average Bonchev–Trinajstić information content (AvgIpc) is 3.38. The van der Waals surface area contributed by atoms with E-state index in [1.807, 2.05) is 6.07 Å². The van der Waals surface area contributed by atoms with E-state index in [2.05, 4.69) is 15.0 Å². The number of carbonyl (C=O) groups is 1. The molecule has 5 aromatic rings. The van der Waals surface area contributed by atoms with Crippen LogP contribution in [0.1, 0.15) is 15.9 Å². The normalized spacial score (nSPS) is 11.3. The summed E-state index contributed by atoms with van der Waals surface area (Å²) < 4.78 is 29.1. The maximum absolute atomic E-state index is 14.2. The fraction of sp³-hybridized carbons (Fsp3) is 0.0476. The van der Waals surface area contributed by atoms with Gasteiger partial charge in [-0.05, 0) is 35.9 Å². The number of rotatable bonds is 4. The molecule has 0 saturated heterocycles. The van der Waals surface area contributed by atoms with E-state index in [9.17, 15) is 13.6 Å². The van der Waals surface area contributed by atoms with Crippen molar-refractivity contribution in [2.45, 2.75) is 6.54 Å². The van der Waals surface area contributed by atoms with Gasteiger partial charge < -0.3 is 0 Å². The fourth-order valence-corrected chi connectivity index (χ4v) is 4.82. The number of anilines is 1. The first-order valence-corrected chi connectivity index (χ1v) is 10.6. The number of benzene rings is 2. The lowest BCUT2D eigenvalue weighted by Gasteiger charge is -2.20. The maximum Gasteiger partial charge on any atom is 0.260 e. The van der Waals surface area contributed by atoms with Gasteiger partial charge in [-0.25, -0.2) is 18.7 Å². The van der Waals surface area contributed by atoms with Gasteiger partial charge in [-0.1, -0.05) is 17.4 Å². The molecule has 5 rings (SSSR count). The number of pyridine rings is 1. The van der Waals surface area contributed by atoms with Crippen LogP contribution in [0.4, 0.5) is 13.9 Å². The Hall–Kier alpha value is -3.30. The first kappa shape index (κ1) is 18.7. The van der Waals surface area contributed by atoms with E-state index < -0.39 is 11.6 Å². The summed E-state index contributed by atoms with van der Waals surface area (Å²) in [7, 11) is 0. The number of nitrogens with zero attached hydrogens (tertiary/aromatic N) is 4. The molecule has 0 spiro atoms. The summed E-state index contributed by atoms with van der Waals surface area (Å²) in [6.07, 6.45) is 3.30. The van der Waals surface area contributed by atoms with Crippen LogP contribution in [0.15, 0.2) is 60.4 Å². The van der Waals surface area contributed by atoms with Crippen molar-refractivity contribution in [1.29, 1.82) is 0 Å². The highest BCUT2D eigenvalue weighted by molar-refractivity contribution is 7.22. The zero-order chi connectivity index (χ0) is 20.7. The summed E-state index contributed by atoms with van der Waals surface area (Å²) in [6, 6.07) is 10.9. The number of carbonyl (C=O) groups excluding carboxylic acids is 1. The average molecular weight is 438 g/mol. The van der Waals surface area contributed by atoms with E-state index in [1.54, 1.807) is 42.2 Å². The molecule has 30 heavy (non-hydrogen) atoms. The second kappa shape index (κ2) is 7.51. The Bertz CT molecular complexity index is 1380. The molecular formula is C21H12F2N4OS2. The molecule has 3 heterocycles. The first-order chi connectivity index (χ1) is 14.6. The van der Waals surface area contributed by atoms with Crippen LogP contribution in [-0.2, 0) is 6.54 Å². The molecule has 5 nitrogen and oxygen atoms in total. The highest BCUT2D eigenvalue weighted by atomic mass is 32.1. The number of thiazole rings is 2. The Labute approximate surface area is 177 Å². The number of aromatic nitrogens is 3. The van der Waals surface area contributed by atoms with Crippen molar-refractivity contribution in [3.63, 3.8) is 0 Å². The predicted octanol–water partition coefficient (Wildman–Crippen LogP) is 5.43. The molecule has 1 amide bonds. The van der Waals surface area contributed by atoms with Gasteiger partial charge in [-0.3, -0.25) is 14.7 Å². The molecule has 148 valence electrons. The standard InChI is InChI=1S/C21H12F2N4OS2/c22-14-7-15(23)19-18(8-14)30-21(26-19)27(10-12-2-1-5-24-9-12)20(28)13-3-4-16-17(6-13)29-11-25-16/h1-9,11H,10H2. The third-order valence-electron chi connectivity index (χ3n) is 4.52. The second-order valence-corrected chi connectivity index (χ2v) is 8.41. The van der Waals surface area contributed by atoms with E-state index in [-0.39, 0.29) is 23.1 Å². The molecule has 0 aliphatic heterocycles. The first-order valence-electron chi connectivity index (χ1n) is 8.88. The number of hydrogen-bond donors (Lipinski definition) is 0. The van der Waals surface area contributed by atoms with Gasteiger partial charge in [0, 0.05) is 24.0 Å². The summed E-state index contributed by atoms with van der Waals surface area (Å²) in [5, 5.41) is 0.285. The molecule has 2 aromatic carbocycles. The number of halogens is 2. The van der Waals surface area contributed by atoms with Crippen LogP contribution < -0.4 is 4.90 Å². The highest BCUT2D eigenvalue weighted by Gasteiger charge is 2.23. The molecule has 0 N–H and O–H groups in total. The van der Waals surface area contributed by atoms with Crippen LogP contribution in [0.25, 0.3) is 20.4 Å². The molecule has 0 atom stereocenters. The zero-order valence-electron chi connectivity index (χ0n) is 15.3. The Morgan fingerprint density at radius 2 is 2.00 bits per heavy atom. The van der Waals surface area contributed by atoms with Crippen molar-refractivity contribution in [3.8, 4) is 0 Å². The fourth-order valence-electron chi connectivity index (χ4n) is 3.11. The Balaban J connectivity index is 1.61. The van der Waals surface area contributed by atoms with Gasteiger partial charge in [0.1, 0.15) is 11.3 Å². The Kier molecular flexibility index (Phi) is 4.68. The van der Waals surface area contributed by atoms with Crippen LogP contribution in [0.2, 0.25) is 0 Å². The molecule has 0 bridgehead atoms. The molecular weight excluding hydrogens is 426 g/mol. The minimum Gasteiger partial charge on any atom is -0.279 e. The lowest BCUT2D eigenvalue weighted by molar-refractivity contribution is 0.0985. The monoisotopic (exact) mass is 438 g/mol. The van der Waals surface area contributed by atoms with Crippen LogP contribution in [0, 0.1) is 11.6 Å². The van der Waals surface area contributed by atoms with Crippen molar-refractivity contribution in [2.24, 2.45) is 0 Å². The minimum absolute atomic E-state index is 0.0401. The summed E-state index contributed by atoms with van der Waals surface area (Å²) >= 11 is 2.51. The zero-order valence-corrected chi connectivity index (χ0v) is 16.9. The lowest BCUT2D eigenvalue weighted by atomic mass is 10.1. The largest absolute Gasteiger partial charge is 0.279 e. The third-order valence-corrected chi connectivity index (χ3v) is 6.34. The quantitative estimate of drug-likeness (QED) is 0.376. The second-order valence-electron chi connectivity index (χ2n) is 6.52. The number of fused-ring (bicyclic) bond motifs is 2. The van der Waals surface area contributed by atoms with E-state index in [0.29, 0.717) is 10.3 Å². The molecule has 3 aromatic heterocycles. The molecule has 0 fully saturated rings. The van der Waals surface area contributed by atoms with Crippen LogP contribution in [-0.4, -0.2) is 20.9 Å². The van der Waals surface area contributed by atoms with Gasteiger partial charge in [0.25, 0.3) is 5.91 Å². The van der Waals surface area contributed by atoms with Gasteiger partial charge in [0.2, 0.25) is 0 Å². The lowest BCUT2D eigenvalue weighted by Crippen LogP contribution is -2.30. The summed E-state index contributed by atoms with van der Waals surface area (Å²) in [6.45, 7) is 0.192. The number of amides is 1. The Morgan fingerprint density at radius 1 is 1.10 bits per heavy atom. The van der Waals surface area contributed by atoms with Crippen molar-refractivity contribution in [2.75, 3.05) is 4.90 Å². The molecule has 0 unspecified atom stereocenters. The smallest absolute Gasteiger partial charge is 0.260 e. The van der Waals surface area contributed by atoms with E-state index in [4.69, 9.17) is 0 Å². The van der Waals surface area contributed by atoms with Crippen LogP contribution in [0.3, 0.4) is 0 Å². The van der Waals surface area contributed by atoms with Gasteiger partial charge in [0.15, 0.2) is 10.9 Å². The molecule has 0 aliphatic rings. The molecule has 0 radical (unpaired) electrons. The van der Waals surface area contributed by atoms with Crippen LogP contribution in [0.5, 0.6) is 0 Å². The summed E-state index contributed by atoms with van der Waals surface area (Å²) in [5.41, 5.74) is 3.82. The van der Waals surface area contributed by atoms with Crippen molar-refractivity contribution in [1.82, 2.24) is 15.0 Å². The van der Waals surface area contributed by atoms with Gasteiger partial charge in [-0.15, -0.1) is 11.3 Å². The van der Waals surface area contributed by atoms with Gasteiger partial charge in [0.05, 0.1) is 27.0 Å². The maximum atomic E-state index is 14.2. The SMILES string of the molecule is O=C(c1ccc2ncsc2c1)N(Cc1cccnc1)c1nc2c(F)cc(F)cc2s1. The molecule has 0 saturated carbocycles. The summed E-state index contributed by atoms with van der Waals surface area (Å²) in [5.74, 6) is -1.74. The predicted molar refractivity (Wildman–Crippen MR) is 114 cm³/mol. The van der Waals surface area contributed by atoms with Crippen molar-refractivity contribution in [3.05, 3.63) is 83.1 Å². The van der Waals surface area contributed by atoms with Crippen molar-refractivity contribution >= 4 is 54.1 Å². The number of hydrogen-bond acceptors (Lipinski definition) is 6. The van der Waals surface area contributed by atoms with Gasteiger partial charge >= 0.3 is 0 Å². The van der Waals surface area contributed by atoms with Gasteiger partial charge in [-0.2, -0.15) is 0 Å².